The van der Waals surface area contributed by atoms with E-state index in [1.54, 1.807) is 50.7 Å². The number of carbonyl (C=O) groups excluding carboxylic acids is 1. The molecule has 0 radical (unpaired) electrons. The van der Waals surface area contributed by atoms with Crippen LogP contribution in [0.5, 0.6) is 23.0 Å². The number of amides is 1. The molecular weight excluding hydrogens is 530 g/mol. The van der Waals surface area contributed by atoms with E-state index in [9.17, 15) is 4.79 Å². The molecule has 9 heteroatoms. The number of aromatic nitrogens is 1. The van der Waals surface area contributed by atoms with Gasteiger partial charge < -0.3 is 19.5 Å². The summed E-state index contributed by atoms with van der Waals surface area (Å²) >= 11 is 8.69. The summed E-state index contributed by atoms with van der Waals surface area (Å²) in [5.41, 5.74) is 2.98. The van der Waals surface area contributed by atoms with E-state index in [1.807, 2.05) is 36.4 Å². The van der Waals surface area contributed by atoms with Crippen LogP contribution in [-0.4, -0.2) is 30.2 Å². The normalized spacial score (nSPS) is 10.5. The van der Waals surface area contributed by atoms with Crippen LogP contribution in [0.2, 0.25) is 0 Å². The summed E-state index contributed by atoms with van der Waals surface area (Å²) in [4.78, 5) is 16.9. The predicted molar refractivity (Wildman–Crippen MR) is 144 cm³/mol. The van der Waals surface area contributed by atoms with E-state index in [-0.39, 0.29) is 11.0 Å². The Morgan fingerprint density at radius 2 is 1.71 bits per heavy atom. The maximum absolute atomic E-state index is 12.5. The zero-order valence-corrected chi connectivity index (χ0v) is 21.4. The molecule has 0 spiro atoms. The lowest BCUT2D eigenvalue weighted by Crippen LogP contribution is -2.34. The predicted octanol–water partition coefficient (Wildman–Crippen LogP) is 6.07. The topological polar surface area (TPSA) is 81.7 Å². The second-order valence-corrected chi connectivity index (χ2v) is 8.37. The van der Waals surface area contributed by atoms with Crippen molar-refractivity contribution in [3.8, 4) is 23.0 Å². The Bertz CT molecular complexity index is 1380. The summed E-state index contributed by atoms with van der Waals surface area (Å²) in [6.45, 7) is 0. The monoisotopic (exact) mass is 551 g/mol. The van der Waals surface area contributed by atoms with Crippen LogP contribution in [0.15, 0.2) is 72.9 Å². The average Bonchev–Trinajstić information content (AvgIpc) is 2.89. The van der Waals surface area contributed by atoms with Gasteiger partial charge in [0.2, 0.25) is 0 Å². The van der Waals surface area contributed by atoms with Crippen molar-refractivity contribution in [1.29, 1.82) is 0 Å². The molecule has 4 aromatic rings. The molecule has 178 valence electrons. The van der Waals surface area contributed by atoms with E-state index >= 15 is 0 Å². The highest BCUT2D eigenvalue weighted by Gasteiger charge is 2.12. The molecule has 2 N–H and O–H groups in total. The first-order valence-electron chi connectivity index (χ1n) is 10.6. The number of nitrogens with one attached hydrogen (secondary N) is 2. The van der Waals surface area contributed by atoms with E-state index in [0.29, 0.717) is 39.6 Å². The fourth-order valence-electron chi connectivity index (χ4n) is 3.40. The number of hydrogen-bond donors (Lipinski definition) is 2. The number of halogens is 1. The Balaban J connectivity index is 1.43. The summed E-state index contributed by atoms with van der Waals surface area (Å²) in [5.74, 6) is 2.16. The van der Waals surface area contributed by atoms with Crippen molar-refractivity contribution in [1.82, 2.24) is 10.3 Å². The molecule has 3 aromatic carbocycles. The lowest BCUT2D eigenvalue weighted by molar-refractivity contribution is 0.0977. The van der Waals surface area contributed by atoms with Gasteiger partial charge in [-0.3, -0.25) is 15.1 Å². The van der Waals surface area contributed by atoms with Gasteiger partial charge in [-0.1, -0.05) is 28.1 Å². The first-order chi connectivity index (χ1) is 17.0. The minimum absolute atomic E-state index is 0.203. The molecule has 0 bridgehead atoms. The van der Waals surface area contributed by atoms with Gasteiger partial charge in [-0.25, -0.2) is 0 Å². The third-order valence-corrected chi connectivity index (χ3v) is 5.97. The Morgan fingerprint density at radius 1 is 0.971 bits per heavy atom. The van der Waals surface area contributed by atoms with Crippen molar-refractivity contribution in [3.63, 3.8) is 0 Å². The van der Waals surface area contributed by atoms with Gasteiger partial charge in [-0.2, -0.15) is 0 Å². The lowest BCUT2D eigenvalue weighted by Gasteiger charge is -2.13. The summed E-state index contributed by atoms with van der Waals surface area (Å²) in [5, 5.41) is 7.37. The third-order valence-electron chi connectivity index (χ3n) is 5.12. The second-order valence-electron chi connectivity index (χ2n) is 7.40. The maximum Gasteiger partial charge on any atom is 0.257 e. The van der Waals surface area contributed by atoms with Gasteiger partial charge in [0, 0.05) is 34.2 Å². The third kappa shape index (κ3) is 5.87. The molecule has 7 nitrogen and oxygen atoms in total. The van der Waals surface area contributed by atoms with Crippen molar-refractivity contribution >= 4 is 55.8 Å². The molecule has 1 amide bonds. The Labute approximate surface area is 216 Å². The van der Waals surface area contributed by atoms with Crippen molar-refractivity contribution < 1.29 is 19.0 Å². The number of carbonyl (C=O) groups is 1. The number of hydrogen-bond acceptors (Lipinski definition) is 6. The summed E-state index contributed by atoms with van der Waals surface area (Å²) in [6.07, 6.45) is 1.67. The van der Waals surface area contributed by atoms with E-state index in [1.165, 1.54) is 0 Å². The number of methoxy groups -OCH3 is 2. The van der Waals surface area contributed by atoms with Crippen molar-refractivity contribution in [3.05, 3.63) is 84.1 Å². The fourth-order valence-corrected chi connectivity index (χ4v) is 3.96. The summed E-state index contributed by atoms with van der Waals surface area (Å²) in [7, 11) is 3.17. The molecule has 35 heavy (non-hydrogen) atoms. The van der Waals surface area contributed by atoms with Gasteiger partial charge in [0.25, 0.3) is 5.91 Å². The Hall–Kier alpha value is -3.69. The highest BCUT2D eigenvalue weighted by atomic mass is 79.9. The SMILES string of the molecule is COc1cc2nccc(Oc3ccc(NC(=S)NC(=O)c4cccc(CBr)c4)cc3)c2cc1OC. The molecule has 4 rings (SSSR count). The Morgan fingerprint density at radius 3 is 2.43 bits per heavy atom. The number of pyridine rings is 1. The molecule has 0 aliphatic carbocycles. The first-order valence-corrected chi connectivity index (χ1v) is 12.1. The van der Waals surface area contributed by atoms with Crippen LogP contribution < -0.4 is 24.8 Å². The summed E-state index contributed by atoms with van der Waals surface area (Å²) in [6, 6.07) is 20.0. The van der Waals surface area contributed by atoms with Crippen LogP contribution in [0, 0.1) is 0 Å². The van der Waals surface area contributed by atoms with Crippen molar-refractivity contribution in [2.75, 3.05) is 19.5 Å². The molecule has 0 unspecified atom stereocenters. The van der Waals surface area contributed by atoms with E-state index in [4.69, 9.17) is 26.4 Å². The van der Waals surface area contributed by atoms with Gasteiger partial charge in [-0.05, 0) is 66.3 Å². The smallest absolute Gasteiger partial charge is 0.257 e. The Kier molecular flexibility index (Phi) is 7.79. The number of ether oxygens (including phenoxy) is 3. The number of thiocarbonyl (C=S) groups is 1. The van der Waals surface area contributed by atoms with Crippen LogP contribution >= 0.6 is 28.1 Å². The average molecular weight is 552 g/mol. The van der Waals surface area contributed by atoms with Crippen LogP contribution in [-0.2, 0) is 5.33 Å². The van der Waals surface area contributed by atoms with Crippen LogP contribution in [0.4, 0.5) is 5.69 Å². The number of benzene rings is 3. The minimum Gasteiger partial charge on any atom is -0.493 e. The largest absolute Gasteiger partial charge is 0.493 e. The number of alkyl halides is 1. The molecule has 1 aromatic heterocycles. The fraction of sp³-hybridized carbons (Fsp3) is 0.115. The van der Waals surface area contributed by atoms with Crippen molar-refractivity contribution in [2.45, 2.75) is 5.33 Å². The molecular formula is C26H22BrN3O4S. The van der Waals surface area contributed by atoms with Gasteiger partial charge in [-0.15, -0.1) is 0 Å². The lowest BCUT2D eigenvalue weighted by atomic mass is 10.1. The standard InChI is InChI=1S/C26H22BrN3O4S/c1-32-23-13-20-21(14-24(23)33-2)28-11-10-22(20)34-19-8-6-18(7-9-19)29-26(35)30-25(31)17-5-3-4-16(12-17)15-27/h3-14H,15H2,1-2H3,(H2,29,30,31,35). The summed E-state index contributed by atoms with van der Waals surface area (Å²) < 4.78 is 16.9. The van der Waals surface area contributed by atoms with Gasteiger partial charge >= 0.3 is 0 Å². The number of rotatable bonds is 7. The van der Waals surface area contributed by atoms with Gasteiger partial charge in [0.1, 0.15) is 11.5 Å². The molecule has 0 saturated heterocycles. The minimum atomic E-state index is -0.276. The molecule has 1 heterocycles. The zero-order chi connectivity index (χ0) is 24.8. The van der Waals surface area contributed by atoms with E-state index < -0.39 is 0 Å². The number of fused-ring (bicyclic) bond motifs is 1. The van der Waals surface area contributed by atoms with E-state index in [2.05, 4.69) is 31.5 Å². The molecule has 0 aliphatic heterocycles. The number of nitrogens with zero attached hydrogens (tertiary/aromatic N) is 1. The quantitative estimate of drug-likeness (QED) is 0.213. The van der Waals surface area contributed by atoms with Crippen molar-refractivity contribution in [2.24, 2.45) is 0 Å². The number of anilines is 1. The van der Waals surface area contributed by atoms with Crippen LogP contribution in [0.3, 0.4) is 0 Å². The molecule has 0 fully saturated rings. The van der Waals surface area contributed by atoms with Crippen LogP contribution in [0.25, 0.3) is 10.9 Å². The highest BCUT2D eigenvalue weighted by Crippen LogP contribution is 2.36. The molecule has 0 saturated carbocycles. The first kappa shape index (κ1) is 24.4. The molecule has 0 aliphatic rings. The molecule has 0 atom stereocenters. The van der Waals surface area contributed by atoms with Crippen LogP contribution in [0.1, 0.15) is 15.9 Å². The van der Waals surface area contributed by atoms with Gasteiger partial charge in [0.05, 0.1) is 19.7 Å². The maximum atomic E-state index is 12.5. The van der Waals surface area contributed by atoms with Gasteiger partial charge in [0.15, 0.2) is 16.6 Å². The highest BCUT2D eigenvalue weighted by molar-refractivity contribution is 9.08. The van der Waals surface area contributed by atoms with E-state index in [0.717, 1.165) is 16.5 Å². The zero-order valence-electron chi connectivity index (χ0n) is 19.0. The second kappa shape index (κ2) is 11.2.